The molecule has 7 heteroatoms. The molecule has 0 spiro atoms. The van der Waals surface area contributed by atoms with Crippen LogP contribution in [0.1, 0.15) is 60.3 Å². The molecule has 30 heavy (non-hydrogen) atoms. The average molecular weight is 438 g/mol. The zero-order valence-electron chi connectivity index (χ0n) is 17.3. The first-order valence-electron chi connectivity index (χ1n) is 9.95. The molecular formula is C23H26ClF2NO3. The van der Waals surface area contributed by atoms with E-state index >= 15 is 0 Å². The molecule has 0 saturated heterocycles. The zero-order chi connectivity index (χ0) is 22.2. The highest BCUT2D eigenvalue weighted by atomic mass is 35.5. The van der Waals surface area contributed by atoms with Crippen molar-refractivity contribution < 1.29 is 23.8 Å². The van der Waals surface area contributed by atoms with Crippen molar-refractivity contribution in [3.8, 4) is 0 Å². The van der Waals surface area contributed by atoms with E-state index in [9.17, 15) is 23.8 Å². The van der Waals surface area contributed by atoms with Crippen LogP contribution in [0.3, 0.4) is 0 Å². The van der Waals surface area contributed by atoms with Gasteiger partial charge < -0.3 is 15.1 Å². The van der Waals surface area contributed by atoms with Crippen molar-refractivity contribution in [3.05, 3.63) is 69.2 Å². The fourth-order valence-electron chi connectivity index (χ4n) is 4.14. The number of carbonyl (C=O) groups excluding carboxylic acids is 1. The van der Waals surface area contributed by atoms with Crippen molar-refractivity contribution >= 4 is 17.5 Å². The Morgan fingerprint density at radius 3 is 2.53 bits per heavy atom. The Balaban J connectivity index is 2.04. The molecule has 1 amide bonds. The lowest BCUT2D eigenvalue weighted by Gasteiger charge is -2.42. The maximum atomic E-state index is 14.6. The molecule has 0 aliphatic carbocycles. The van der Waals surface area contributed by atoms with Crippen LogP contribution in [-0.2, 0) is 12.8 Å². The van der Waals surface area contributed by atoms with Crippen LogP contribution in [0.15, 0.2) is 30.3 Å². The second kappa shape index (κ2) is 8.61. The summed E-state index contributed by atoms with van der Waals surface area (Å²) in [4.78, 5) is 14.6. The number of hydrogen-bond acceptors (Lipinski definition) is 3. The van der Waals surface area contributed by atoms with Crippen LogP contribution < -0.4 is 0 Å². The summed E-state index contributed by atoms with van der Waals surface area (Å²) in [6.07, 6.45) is 0.926. The molecular weight excluding hydrogens is 412 g/mol. The lowest BCUT2D eigenvalue weighted by atomic mass is 9.83. The van der Waals surface area contributed by atoms with Crippen LogP contribution in [0, 0.1) is 11.6 Å². The number of amides is 1. The van der Waals surface area contributed by atoms with E-state index in [0.29, 0.717) is 18.4 Å². The van der Waals surface area contributed by atoms with Crippen molar-refractivity contribution in [2.24, 2.45) is 0 Å². The number of aliphatic hydroxyl groups is 2. The van der Waals surface area contributed by atoms with Crippen molar-refractivity contribution in [2.45, 2.75) is 57.7 Å². The highest BCUT2D eigenvalue weighted by Gasteiger charge is 2.38. The van der Waals surface area contributed by atoms with Gasteiger partial charge in [-0.25, -0.2) is 8.78 Å². The molecule has 2 aromatic rings. The van der Waals surface area contributed by atoms with E-state index in [1.807, 2.05) is 0 Å². The standard InChI is InChI=1S/C23H26ClF2NO3/c1-13-15-7-8-19(25)16(9-10-23(2,3)30)17(15)11-14(12-28)27(13)22(29)21-18(24)5-4-6-20(21)26/h4-8,13-14,28,30H,9-12H2,1-3H3/t13-,14+/m0/s1. The molecule has 0 bridgehead atoms. The number of halogens is 3. The zero-order valence-corrected chi connectivity index (χ0v) is 18.0. The van der Waals surface area contributed by atoms with Gasteiger partial charge in [0.2, 0.25) is 0 Å². The number of benzene rings is 2. The Labute approximate surface area is 180 Å². The van der Waals surface area contributed by atoms with Gasteiger partial charge in [-0.3, -0.25) is 4.79 Å². The number of nitrogens with zero attached hydrogens (tertiary/aromatic N) is 1. The fourth-order valence-corrected chi connectivity index (χ4v) is 4.39. The predicted octanol–water partition coefficient (Wildman–Crippen LogP) is 4.44. The van der Waals surface area contributed by atoms with Gasteiger partial charge in [0.25, 0.3) is 5.91 Å². The van der Waals surface area contributed by atoms with E-state index in [4.69, 9.17) is 11.6 Å². The van der Waals surface area contributed by atoms with Crippen LogP contribution >= 0.6 is 11.6 Å². The smallest absolute Gasteiger partial charge is 0.259 e. The molecule has 1 aliphatic rings. The van der Waals surface area contributed by atoms with Crippen molar-refractivity contribution in [2.75, 3.05) is 6.61 Å². The molecule has 1 heterocycles. The Morgan fingerprint density at radius 2 is 1.93 bits per heavy atom. The molecule has 162 valence electrons. The molecule has 0 saturated carbocycles. The Morgan fingerprint density at radius 1 is 1.23 bits per heavy atom. The third kappa shape index (κ3) is 4.36. The monoisotopic (exact) mass is 437 g/mol. The molecule has 4 nitrogen and oxygen atoms in total. The minimum Gasteiger partial charge on any atom is -0.394 e. The Hall–Kier alpha value is -2.02. The number of hydrogen-bond donors (Lipinski definition) is 2. The highest BCUT2D eigenvalue weighted by Crippen LogP contribution is 2.38. The topological polar surface area (TPSA) is 60.8 Å². The first-order valence-corrected chi connectivity index (χ1v) is 10.3. The predicted molar refractivity (Wildman–Crippen MR) is 112 cm³/mol. The lowest BCUT2D eigenvalue weighted by Crippen LogP contribution is -2.49. The lowest BCUT2D eigenvalue weighted by molar-refractivity contribution is 0.0438. The maximum absolute atomic E-state index is 14.6. The van der Waals surface area contributed by atoms with Gasteiger partial charge in [-0.05, 0) is 74.9 Å². The summed E-state index contributed by atoms with van der Waals surface area (Å²) in [5, 5.41) is 20.1. The molecule has 1 aliphatic heterocycles. The van der Waals surface area contributed by atoms with E-state index < -0.39 is 29.4 Å². The summed E-state index contributed by atoms with van der Waals surface area (Å²) in [7, 11) is 0. The van der Waals surface area contributed by atoms with Gasteiger partial charge in [0.05, 0.1) is 34.9 Å². The molecule has 0 aromatic heterocycles. The van der Waals surface area contributed by atoms with Crippen molar-refractivity contribution in [1.82, 2.24) is 4.90 Å². The van der Waals surface area contributed by atoms with Gasteiger partial charge in [0.1, 0.15) is 11.6 Å². The maximum Gasteiger partial charge on any atom is 0.259 e. The normalized spacial score (nSPS) is 19.0. The largest absolute Gasteiger partial charge is 0.394 e. The van der Waals surface area contributed by atoms with Gasteiger partial charge in [0, 0.05) is 0 Å². The van der Waals surface area contributed by atoms with Gasteiger partial charge in [-0.2, -0.15) is 0 Å². The molecule has 0 fully saturated rings. The summed E-state index contributed by atoms with van der Waals surface area (Å²) in [5.41, 5.74) is 0.769. The van der Waals surface area contributed by atoms with Crippen LogP contribution in [0.25, 0.3) is 0 Å². The van der Waals surface area contributed by atoms with E-state index in [1.165, 1.54) is 29.2 Å². The third-order valence-electron chi connectivity index (χ3n) is 5.72. The minimum absolute atomic E-state index is 0.000316. The Kier molecular flexibility index (Phi) is 6.51. The molecule has 3 rings (SSSR count). The van der Waals surface area contributed by atoms with Gasteiger partial charge in [0.15, 0.2) is 0 Å². The summed E-state index contributed by atoms with van der Waals surface area (Å²) in [5.74, 6) is -1.72. The quantitative estimate of drug-likeness (QED) is 0.726. The van der Waals surface area contributed by atoms with Gasteiger partial charge in [-0.15, -0.1) is 0 Å². The van der Waals surface area contributed by atoms with E-state index in [2.05, 4.69) is 0 Å². The first kappa shape index (κ1) is 22.7. The molecule has 2 aromatic carbocycles. The molecule has 0 radical (unpaired) electrons. The average Bonchev–Trinajstić information content (AvgIpc) is 2.65. The van der Waals surface area contributed by atoms with Crippen LogP contribution in [0.2, 0.25) is 5.02 Å². The summed E-state index contributed by atoms with van der Waals surface area (Å²) < 4.78 is 29.0. The van der Waals surface area contributed by atoms with Crippen LogP contribution in [0.4, 0.5) is 8.78 Å². The van der Waals surface area contributed by atoms with Crippen LogP contribution in [-0.4, -0.2) is 39.3 Å². The van der Waals surface area contributed by atoms with Gasteiger partial charge >= 0.3 is 0 Å². The number of aliphatic hydroxyl groups excluding tert-OH is 1. The summed E-state index contributed by atoms with van der Waals surface area (Å²) in [6.45, 7) is 4.74. The Bertz CT molecular complexity index is 938. The van der Waals surface area contributed by atoms with Crippen LogP contribution in [0.5, 0.6) is 0 Å². The summed E-state index contributed by atoms with van der Waals surface area (Å²) in [6, 6.07) is 5.84. The highest BCUT2D eigenvalue weighted by molar-refractivity contribution is 6.33. The SMILES string of the molecule is C[C@H]1c2ccc(F)c(CCC(C)(C)O)c2C[C@H](CO)N1C(=O)c1c(F)cccc1Cl. The molecule has 0 unspecified atom stereocenters. The number of rotatable bonds is 5. The first-order chi connectivity index (χ1) is 14.0. The molecule has 2 atom stereocenters. The third-order valence-corrected chi connectivity index (χ3v) is 6.03. The van der Waals surface area contributed by atoms with E-state index in [0.717, 1.165) is 11.1 Å². The van der Waals surface area contributed by atoms with Gasteiger partial charge in [-0.1, -0.05) is 23.7 Å². The van der Waals surface area contributed by atoms with E-state index in [-0.39, 0.29) is 29.4 Å². The van der Waals surface area contributed by atoms with E-state index in [1.54, 1.807) is 26.8 Å². The van der Waals surface area contributed by atoms with Crippen molar-refractivity contribution in [1.29, 1.82) is 0 Å². The number of carbonyl (C=O) groups is 1. The number of fused-ring (bicyclic) bond motifs is 1. The molecule has 2 N–H and O–H groups in total. The second-order valence-corrected chi connectivity index (χ2v) is 8.84. The van der Waals surface area contributed by atoms with Crippen molar-refractivity contribution in [3.63, 3.8) is 0 Å². The second-order valence-electron chi connectivity index (χ2n) is 8.43. The minimum atomic E-state index is -0.949. The summed E-state index contributed by atoms with van der Waals surface area (Å²) >= 11 is 6.09. The fraction of sp³-hybridized carbons (Fsp3) is 0.435.